The van der Waals surface area contributed by atoms with Crippen LogP contribution in [-0.2, 0) is 0 Å². The molecule has 1 atom stereocenters. The Hall–Kier alpha value is -0.773. The van der Waals surface area contributed by atoms with Crippen molar-refractivity contribution < 1.29 is 28.4 Å². The summed E-state index contributed by atoms with van der Waals surface area (Å²) in [5.74, 6) is 0.524. The Balaban J connectivity index is 0.00000180. The first-order valence-corrected chi connectivity index (χ1v) is 6.79. The quantitative estimate of drug-likeness (QED) is 0.604. The van der Waals surface area contributed by atoms with Crippen molar-refractivity contribution >= 4 is 31.0 Å². The van der Waals surface area contributed by atoms with Crippen LogP contribution in [0.3, 0.4) is 0 Å². The number of benzene rings is 2. The number of hydrogen-bond donors (Lipinski definition) is 0. The van der Waals surface area contributed by atoms with Gasteiger partial charge in [0.05, 0.1) is 17.7 Å². The summed E-state index contributed by atoms with van der Waals surface area (Å²) < 4.78 is 5.18. The van der Waals surface area contributed by atoms with Gasteiger partial charge in [-0.15, -0.1) is 0 Å². The number of methoxy groups -OCH3 is 1. The van der Waals surface area contributed by atoms with Crippen molar-refractivity contribution in [2.45, 2.75) is 0 Å². The van der Waals surface area contributed by atoms with E-state index in [-0.39, 0.29) is 33.0 Å². The van der Waals surface area contributed by atoms with Gasteiger partial charge in [0.15, 0.2) is 5.52 Å². The van der Waals surface area contributed by atoms with E-state index >= 15 is 0 Å². The Morgan fingerprint density at radius 1 is 1.11 bits per heavy atom. The largest absolute Gasteiger partial charge is 1.00 e. The van der Waals surface area contributed by atoms with Crippen LogP contribution in [0, 0.1) is 0 Å². The smallest absolute Gasteiger partial charge is 0.496 e. The number of halogens is 1. The Labute approximate surface area is 131 Å². The van der Waals surface area contributed by atoms with Crippen LogP contribution in [0.4, 0.5) is 0 Å². The van der Waals surface area contributed by atoms with Gasteiger partial charge in [-0.2, -0.15) is 0 Å². The van der Waals surface area contributed by atoms with Crippen LogP contribution in [0.2, 0.25) is 5.02 Å². The summed E-state index contributed by atoms with van der Waals surface area (Å²) in [4.78, 5) is 12.3. The second-order valence-electron chi connectivity index (χ2n) is 3.64. The third-order valence-electron chi connectivity index (χ3n) is 2.45. The molecule has 0 bridgehead atoms. The molecule has 2 nitrogen and oxygen atoms in total. The van der Waals surface area contributed by atoms with Crippen LogP contribution >= 0.6 is 20.2 Å². The first-order chi connectivity index (χ1) is 8.72. The predicted octanol–water partition coefficient (Wildman–Crippen LogP) is 0.497. The van der Waals surface area contributed by atoms with Crippen LogP contribution in [-0.4, -0.2) is 12.6 Å². The number of carbonyl (C=O) groups is 1. The van der Waals surface area contributed by atoms with Gasteiger partial charge in [0.2, 0.25) is 0 Å². The van der Waals surface area contributed by atoms with E-state index in [4.69, 9.17) is 16.3 Å². The molecule has 0 saturated carbocycles. The second kappa shape index (κ2) is 7.73. The molecule has 0 spiro atoms. The zero-order valence-corrected chi connectivity index (χ0v) is 12.6. The summed E-state index contributed by atoms with van der Waals surface area (Å²) in [6.45, 7) is 0. The summed E-state index contributed by atoms with van der Waals surface area (Å²) >= 11 is 6.07. The maximum absolute atomic E-state index is 12.3. The van der Waals surface area contributed by atoms with Crippen LogP contribution in [0.25, 0.3) is 0 Å². The van der Waals surface area contributed by atoms with Crippen molar-refractivity contribution in [3.8, 4) is 5.75 Å². The molecule has 1 unspecified atom stereocenters. The number of rotatable bonds is 4. The maximum atomic E-state index is 12.3. The molecule has 2 aromatic rings. The van der Waals surface area contributed by atoms with Crippen molar-refractivity contribution in [3.63, 3.8) is 0 Å². The maximum Gasteiger partial charge on any atom is 1.00 e. The van der Waals surface area contributed by atoms with Gasteiger partial charge in [-0.25, -0.2) is 0 Å². The van der Waals surface area contributed by atoms with E-state index in [1.807, 2.05) is 30.3 Å². The number of ether oxygens (including phenoxy) is 1. The fraction of sp³-hybridized carbons (Fsp3) is 0.0714. The minimum absolute atomic E-state index is 0. The van der Waals surface area contributed by atoms with Gasteiger partial charge in [0, 0.05) is 0 Å². The normalized spacial score (nSPS) is 10.2. The van der Waals surface area contributed by atoms with Crippen molar-refractivity contribution in [3.05, 3.63) is 59.1 Å². The van der Waals surface area contributed by atoms with Gasteiger partial charge >= 0.3 is 18.9 Å². The Kier molecular flexibility index (Phi) is 6.62. The SMILES string of the molecule is COc1cccc(Cl)c1C(=O)Pc1ccccc1.[Li+]. The molecular weight excluding hydrogens is 274 g/mol. The van der Waals surface area contributed by atoms with E-state index in [9.17, 15) is 4.79 Å². The van der Waals surface area contributed by atoms with Crippen molar-refractivity contribution in [2.24, 2.45) is 0 Å². The van der Waals surface area contributed by atoms with Crippen LogP contribution in [0.1, 0.15) is 10.4 Å². The van der Waals surface area contributed by atoms with Gasteiger partial charge in [0.1, 0.15) is 5.75 Å². The van der Waals surface area contributed by atoms with E-state index in [0.717, 1.165) is 5.30 Å². The van der Waals surface area contributed by atoms with E-state index in [0.29, 0.717) is 16.3 Å². The summed E-state index contributed by atoms with van der Waals surface area (Å²) in [6, 6.07) is 14.8. The minimum atomic E-state index is -0.0105. The minimum Gasteiger partial charge on any atom is -0.496 e. The summed E-state index contributed by atoms with van der Waals surface area (Å²) in [5, 5.41) is 1.42. The molecule has 0 aliphatic carbocycles. The molecule has 0 heterocycles. The Morgan fingerprint density at radius 3 is 2.42 bits per heavy atom. The van der Waals surface area contributed by atoms with Gasteiger partial charge < -0.3 is 4.74 Å². The van der Waals surface area contributed by atoms with E-state index in [2.05, 4.69) is 0 Å². The molecular formula is C14H12ClLiO2P+. The molecule has 0 radical (unpaired) electrons. The van der Waals surface area contributed by atoms with E-state index in [1.165, 1.54) is 7.11 Å². The van der Waals surface area contributed by atoms with Crippen molar-refractivity contribution in [1.82, 2.24) is 0 Å². The zero-order chi connectivity index (χ0) is 13.0. The molecule has 5 heteroatoms. The molecule has 0 aromatic heterocycles. The monoisotopic (exact) mass is 285 g/mol. The molecule has 0 aliphatic heterocycles. The third-order valence-corrected chi connectivity index (χ3v) is 3.87. The topological polar surface area (TPSA) is 26.3 Å². The Morgan fingerprint density at radius 2 is 1.79 bits per heavy atom. The molecule has 0 aliphatic rings. The molecule has 0 fully saturated rings. The average Bonchev–Trinajstić information content (AvgIpc) is 2.39. The van der Waals surface area contributed by atoms with Gasteiger partial charge in [-0.3, -0.25) is 4.79 Å². The Bertz CT molecular complexity index is 561. The molecule has 92 valence electrons. The summed E-state index contributed by atoms with van der Waals surface area (Å²) in [7, 11) is 1.58. The molecule has 2 rings (SSSR count). The van der Waals surface area contributed by atoms with E-state index in [1.54, 1.807) is 18.2 Å². The zero-order valence-electron chi connectivity index (χ0n) is 10.8. The fourth-order valence-corrected chi connectivity index (χ4v) is 2.94. The average molecular weight is 286 g/mol. The van der Waals surface area contributed by atoms with Gasteiger partial charge in [-0.05, 0) is 26.0 Å². The third kappa shape index (κ3) is 4.10. The molecule has 2 aromatic carbocycles. The van der Waals surface area contributed by atoms with Gasteiger partial charge in [-0.1, -0.05) is 48.0 Å². The molecule has 0 N–H and O–H groups in total. The van der Waals surface area contributed by atoms with Crippen LogP contribution in [0.15, 0.2) is 48.5 Å². The van der Waals surface area contributed by atoms with Crippen LogP contribution < -0.4 is 28.9 Å². The molecule has 0 saturated heterocycles. The first-order valence-electron chi connectivity index (χ1n) is 5.41. The number of hydrogen-bond acceptors (Lipinski definition) is 2. The summed E-state index contributed by atoms with van der Waals surface area (Å²) in [5.41, 5.74) is 0.451. The molecule has 19 heavy (non-hydrogen) atoms. The van der Waals surface area contributed by atoms with Crippen molar-refractivity contribution in [1.29, 1.82) is 0 Å². The fourth-order valence-electron chi connectivity index (χ4n) is 1.61. The van der Waals surface area contributed by atoms with Crippen LogP contribution in [0.5, 0.6) is 5.75 Å². The predicted molar refractivity (Wildman–Crippen MR) is 76.7 cm³/mol. The van der Waals surface area contributed by atoms with Crippen molar-refractivity contribution in [2.75, 3.05) is 7.11 Å². The molecule has 0 amide bonds. The second-order valence-corrected chi connectivity index (χ2v) is 5.33. The number of carbonyl (C=O) groups excluding carboxylic acids is 1. The van der Waals surface area contributed by atoms with Gasteiger partial charge in [0.25, 0.3) is 0 Å². The summed E-state index contributed by atoms with van der Waals surface area (Å²) in [6.07, 6.45) is 0. The standard InChI is InChI=1S/C14H12ClO2P.Li/c1-17-12-9-5-8-11(15)13(12)14(16)18-10-6-3-2-4-7-10;/h2-9,18H,1H3;/q;+1. The van der Waals surface area contributed by atoms with E-state index < -0.39 is 0 Å². The first kappa shape index (κ1) is 16.3.